The van der Waals surface area contributed by atoms with Crippen molar-refractivity contribution in [2.75, 3.05) is 33.0 Å². The van der Waals surface area contributed by atoms with Crippen LogP contribution in [0.25, 0.3) is 0 Å². The Hall–Kier alpha value is -2.28. The molecule has 7 nitrogen and oxygen atoms in total. The van der Waals surface area contributed by atoms with Crippen LogP contribution in [0.5, 0.6) is 11.5 Å². The van der Waals surface area contributed by atoms with E-state index in [1.807, 2.05) is 17.0 Å². The zero-order chi connectivity index (χ0) is 16.9. The predicted octanol–water partition coefficient (Wildman–Crippen LogP) is -1.44. The van der Waals surface area contributed by atoms with Crippen LogP contribution in [0.1, 0.15) is 24.8 Å². The number of amides is 1. The lowest BCUT2D eigenvalue weighted by Crippen LogP contribution is -3.13. The number of carboxylic acid groups (broad SMARTS) is 1. The molecule has 1 saturated heterocycles. The van der Waals surface area contributed by atoms with Gasteiger partial charge in [0.05, 0.1) is 26.2 Å². The van der Waals surface area contributed by atoms with E-state index >= 15 is 0 Å². The van der Waals surface area contributed by atoms with Crippen LogP contribution in [0.3, 0.4) is 0 Å². The standard InChI is InChI=1S/C17H22N2O5/c20-16(2-1-3-17(21)22)19-8-6-18(7-9-19)11-13-4-5-14-15(10-13)24-12-23-14/h4-5,10H,1-3,6-9,11-12H2,(H,21,22). The van der Waals surface area contributed by atoms with Crippen molar-refractivity contribution < 1.29 is 29.1 Å². The maximum atomic E-state index is 12.0. The van der Waals surface area contributed by atoms with E-state index in [0.29, 0.717) is 19.5 Å². The zero-order valence-corrected chi connectivity index (χ0v) is 13.6. The first kappa shape index (κ1) is 16.6. The third-order valence-electron chi connectivity index (χ3n) is 4.49. The van der Waals surface area contributed by atoms with Gasteiger partial charge in [0.2, 0.25) is 12.7 Å². The van der Waals surface area contributed by atoms with Gasteiger partial charge in [0, 0.05) is 18.0 Å². The number of carbonyl (C=O) groups excluding carboxylic acids is 2. The molecule has 3 rings (SSSR count). The van der Waals surface area contributed by atoms with Gasteiger partial charge in [-0.3, -0.25) is 4.79 Å². The molecule has 2 heterocycles. The molecule has 1 aromatic carbocycles. The van der Waals surface area contributed by atoms with Gasteiger partial charge < -0.3 is 29.2 Å². The monoisotopic (exact) mass is 334 g/mol. The smallest absolute Gasteiger partial charge is 0.231 e. The van der Waals surface area contributed by atoms with Gasteiger partial charge in [0.1, 0.15) is 6.54 Å². The van der Waals surface area contributed by atoms with E-state index in [1.165, 1.54) is 10.5 Å². The molecule has 1 fully saturated rings. The van der Waals surface area contributed by atoms with Crippen molar-refractivity contribution in [1.82, 2.24) is 4.90 Å². The van der Waals surface area contributed by atoms with Crippen LogP contribution in [-0.2, 0) is 16.1 Å². The fraction of sp³-hybridized carbons (Fsp3) is 0.529. The van der Waals surface area contributed by atoms with Gasteiger partial charge in [-0.1, -0.05) is 0 Å². The highest BCUT2D eigenvalue weighted by Gasteiger charge is 2.24. The minimum absolute atomic E-state index is 0.0402. The Labute approximate surface area is 140 Å². The van der Waals surface area contributed by atoms with E-state index in [4.69, 9.17) is 9.47 Å². The van der Waals surface area contributed by atoms with Crippen molar-refractivity contribution in [2.45, 2.75) is 25.8 Å². The van der Waals surface area contributed by atoms with E-state index in [1.54, 1.807) is 0 Å². The molecule has 1 aromatic rings. The lowest BCUT2D eigenvalue weighted by molar-refractivity contribution is -0.917. The van der Waals surface area contributed by atoms with Gasteiger partial charge in [0.25, 0.3) is 0 Å². The Morgan fingerprint density at radius 3 is 2.62 bits per heavy atom. The van der Waals surface area contributed by atoms with Crippen LogP contribution >= 0.6 is 0 Å². The normalized spacial score (nSPS) is 17.1. The number of fused-ring (bicyclic) bond motifs is 1. The summed E-state index contributed by atoms with van der Waals surface area (Å²) in [5.74, 6) is 0.536. The Balaban J connectivity index is 1.43. The summed E-state index contributed by atoms with van der Waals surface area (Å²) in [5.41, 5.74) is 1.20. The van der Waals surface area contributed by atoms with Gasteiger partial charge in [-0.05, 0) is 31.0 Å². The molecule has 2 aliphatic heterocycles. The summed E-state index contributed by atoms with van der Waals surface area (Å²) in [7, 11) is 0. The molecule has 1 N–H and O–H groups in total. The molecule has 7 heteroatoms. The number of carboxylic acids is 1. The molecule has 0 radical (unpaired) electrons. The third kappa shape index (κ3) is 4.17. The summed E-state index contributed by atoms with van der Waals surface area (Å²) >= 11 is 0. The number of benzene rings is 1. The minimum atomic E-state index is -1.10. The molecular weight excluding hydrogens is 312 g/mol. The molecule has 130 valence electrons. The quantitative estimate of drug-likeness (QED) is 0.689. The van der Waals surface area contributed by atoms with Gasteiger partial charge in [0.15, 0.2) is 11.5 Å². The van der Waals surface area contributed by atoms with Crippen LogP contribution in [-0.4, -0.2) is 49.7 Å². The number of nitrogens with zero attached hydrogens (tertiary/aromatic N) is 1. The van der Waals surface area contributed by atoms with Gasteiger partial charge in [-0.15, -0.1) is 0 Å². The van der Waals surface area contributed by atoms with E-state index in [2.05, 4.69) is 6.07 Å². The van der Waals surface area contributed by atoms with Gasteiger partial charge in [-0.25, -0.2) is 0 Å². The van der Waals surface area contributed by atoms with Crippen molar-refractivity contribution in [3.8, 4) is 11.5 Å². The lowest BCUT2D eigenvalue weighted by atomic mass is 10.1. The number of quaternary nitrogens is 1. The Morgan fingerprint density at radius 2 is 1.88 bits per heavy atom. The number of carbonyl (C=O) groups is 2. The number of ether oxygens (including phenoxy) is 2. The van der Waals surface area contributed by atoms with Crippen molar-refractivity contribution in [3.05, 3.63) is 23.8 Å². The summed E-state index contributed by atoms with van der Waals surface area (Å²) in [4.78, 5) is 25.7. The van der Waals surface area contributed by atoms with E-state index in [0.717, 1.165) is 31.1 Å². The number of rotatable bonds is 6. The molecular formula is C17H22N2O5. The minimum Gasteiger partial charge on any atom is -0.550 e. The van der Waals surface area contributed by atoms with Gasteiger partial charge in [-0.2, -0.15) is 0 Å². The number of hydrogen-bond donors (Lipinski definition) is 1. The number of aliphatic carboxylic acids is 1. The maximum absolute atomic E-state index is 12.0. The van der Waals surface area contributed by atoms with Crippen molar-refractivity contribution in [2.24, 2.45) is 0 Å². The molecule has 0 aliphatic carbocycles. The molecule has 24 heavy (non-hydrogen) atoms. The van der Waals surface area contributed by atoms with Crippen LogP contribution < -0.4 is 19.5 Å². The highest BCUT2D eigenvalue weighted by Crippen LogP contribution is 2.32. The summed E-state index contributed by atoms with van der Waals surface area (Å²) in [6, 6.07) is 6.01. The second-order valence-corrected chi connectivity index (χ2v) is 6.22. The first-order valence-corrected chi connectivity index (χ1v) is 8.31. The van der Waals surface area contributed by atoms with Crippen molar-refractivity contribution in [1.29, 1.82) is 0 Å². The average molecular weight is 334 g/mol. The largest absolute Gasteiger partial charge is 0.550 e. The zero-order valence-electron chi connectivity index (χ0n) is 13.6. The van der Waals surface area contributed by atoms with Crippen LogP contribution in [0.2, 0.25) is 0 Å². The second-order valence-electron chi connectivity index (χ2n) is 6.22. The average Bonchev–Trinajstić information content (AvgIpc) is 3.03. The van der Waals surface area contributed by atoms with E-state index < -0.39 is 5.97 Å². The molecule has 1 amide bonds. The third-order valence-corrected chi connectivity index (χ3v) is 4.49. The molecule has 0 aromatic heterocycles. The lowest BCUT2D eigenvalue weighted by Gasteiger charge is -2.32. The summed E-state index contributed by atoms with van der Waals surface area (Å²) in [6.07, 6.45) is 0.581. The highest BCUT2D eigenvalue weighted by molar-refractivity contribution is 5.76. The topological polar surface area (TPSA) is 83.3 Å². The summed E-state index contributed by atoms with van der Waals surface area (Å²) < 4.78 is 10.7. The van der Waals surface area contributed by atoms with E-state index in [9.17, 15) is 14.7 Å². The first-order chi connectivity index (χ1) is 11.6. The van der Waals surface area contributed by atoms with Crippen LogP contribution in [0, 0.1) is 0 Å². The Bertz CT molecular complexity index is 611. The molecule has 2 aliphatic rings. The first-order valence-electron chi connectivity index (χ1n) is 8.31. The summed E-state index contributed by atoms with van der Waals surface area (Å²) in [5, 5.41) is 10.4. The molecule has 0 saturated carbocycles. The highest BCUT2D eigenvalue weighted by atomic mass is 16.7. The van der Waals surface area contributed by atoms with Crippen molar-refractivity contribution >= 4 is 11.9 Å². The van der Waals surface area contributed by atoms with Gasteiger partial charge >= 0.3 is 0 Å². The van der Waals surface area contributed by atoms with Crippen LogP contribution in [0.4, 0.5) is 0 Å². The maximum Gasteiger partial charge on any atom is 0.231 e. The van der Waals surface area contributed by atoms with Crippen LogP contribution in [0.15, 0.2) is 18.2 Å². The Kier molecular flexibility index (Phi) is 5.20. The second kappa shape index (κ2) is 7.53. The molecule has 0 bridgehead atoms. The van der Waals surface area contributed by atoms with E-state index in [-0.39, 0.29) is 25.5 Å². The molecule has 0 spiro atoms. The molecule has 0 atom stereocenters. The summed E-state index contributed by atoms with van der Waals surface area (Å²) in [6.45, 7) is 4.38. The SMILES string of the molecule is O=C([O-])CCCC(=O)N1CC[NH+](Cc2ccc3c(c2)OCO3)CC1. The number of piperazine rings is 1. The number of hydrogen-bond acceptors (Lipinski definition) is 5. The predicted molar refractivity (Wildman–Crippen MR) is 82.4 cm³/mol. The Morgan fingerprint density at radius 1 is 1.12 bits per heavy atom. The fourth-order valence-electron chi connectivity index (χ4n) is 3.13. The van der Waals surface area contributed by atoms with Crippen molar-refractivity contribution in [3.63, 3.8) is 0 Å². The number of nitrogens with one attached hydrogen (secondary N) is 1. The molecule has 0 unspecified atom stereocenters. The fourth-order valence-corrected chi connectivity index (χ4v) is 3.13.